The second kappa shape index (κ2) is 15.3. The van der Waals surface area contributed by atoms with E-state index in [4.69, 9.17) is 14.4 Å². The van der Waals surface area contributed by atoms with E-state index in [1.165, 1.54) is 54.9 Å². The number of rotatable bonds is 5. The molecule has 5 heterocycles. The van der Waals surface area contributed by atoms with Gasteiger partial charge in [0.05, 0.1) is 55.8 Å². The third kappa shape index (κ3) is 5.88. The average molecular weight is 1010 g/mol. The monoisotopic (exact) mass is 1010 g/mol. The summed E-state index contributed by atoms with van der Waals surface area (Å²) >= 11 is 0. The van der Waals surface area contributed by atoms with Crippen molar-refractivity contribution in [3.63, 3.8) is 0 Å². The first-order valence-corrected chi connectivity index (χ1v) is 21.8. The summed E-state index contributed by atoms with van der Waals surface area (Å²) in [6.45, 7) is 9.04. The fourth-order valence-corrected chi connectivity index (χ4v) is 10.0. The first-order valence-electron chi connectivity index (χ1n) is 21.8. The maximum atomic E-state index is 6.33. The van der Waals surface area contributed by atoms with Crippen LogP contribution in [-0.4, -0.2) is 23.5 Å². The number of nitrogens with zero attached hydrogens (tertiary/aromatic N) is 5. The number of fused-ring (bicyclic) bond motifs is 12. The molecule has 1 radical (unpaired) electrons. The molecule has 7 heteroatoms. The molecule has 0 unspecified atom stereocenters. The topological polar surface area (TPSA) is 53.2 Å². The van der Waals surface area contributed by atoms with E-state index in [1.54, 1.807) is 0 Å². The Kier molecular flexibility index (Phi) is 9.53. The van der Waals surface area contributed by atoms with Crippen LogP contribution in [0, 0.1) is 12.1 Å². The summed E-state index contributed by atoms with van der Waals surface area (Å²) in [5.41, 5.74) is 15.5. The zero-order chi connectivity index (χ0) is 42.5. The zero-order valence-corrected chi connectivity index (χ0v) is 38.5. The Hall–Kier alpha value is -7.05. The summed E-state index contributed by atoms with van der Waals surface area (Å²) in [6.07, 6.45) is 0. The van der Waals surface area contributed by atoms with Crippen LogP contribution < -0.4 is 0 Å². The van der Waals surface area contributed by atoms with Gasteiger partial charge in [-0.3, -0.25) is 9.97 Å². The molecule has 0 saturated heterocycles. The first-order chi connectivity index (χ1) is 30.9. The Morgan fingerprint density at radius 1 is 0.500 bits per heavy atom. The summed E-state index contributed by atoms with van der Waals surface area (Å²) in [5.74, 6) is 2.65. The summed E-state index contributed by atoms with van der Waals surface area (Å²) in [4.78, 5) is 10.1. The predicted molar refractivity (Wildman–Crippen MR) is 260 cm³/mol. The van der Waals surface area contributed by atoms with Crippen molar-refractivity contribution in [3.05, 3.63) is 181 Å². The first kappa shape index (κ1) is 39.8. The normalized spacial score (nSPS) is 12.0. The van der Waals surface area contributed by atoms with Crippen LogP contribution in [0.2, 0.25) is 0 Å². The number of imidazole rings is 2. The van der Waals surface area contributed by atoms with Crippen LogP contribution >= 0.6 is 0 Å². The van der Waals surface area contributed by atoms with Gasteiger partial charge < -0.3 is 18.0 Å². The van der Waals surface area contributed by atoms with Crippen LogP contribution in [0.5, 0.6) is 0 Å². The molecule has 13 rings (SSSR count). The fourth-order valence-electron chi connectivity index (χ4n) is 10.0. The zero-order valence-electron chi connectivity index (χ0n) is 36.1. The van der Waals surface area contributed by atoms with E-state index in [2.05, 4.69) is 176 Å². The molecule has 0 N–H and O–H groups in total. The number of aryl methyl sites for hydroxylation is 1. The quantitative estimate of drug-likeness (QED) is 0.161. The van der Waals surface area contributed by atoms with E-state index >= 15 is 0 Å². The molecule has 64 heavy (non-hydrogen) atoms. The van der Waals surface area contributed by atoms with Crippen LogP contribution in [0.1, 0.15) is 50.7 Å². The summed E-state index contributed by atoms with van der Waals surface area (Å²) in [5, 5.41) is 7.28. The number of hydrogen-bond donors (Lipinski definition) is 0. The van der Waals surface area contributed by atoms with E-state index in [1.807, 2.05) is 42.5 Å². The summed E-state index contributed by atoms with van der Waals surface area (Å²) in [6, 6.07) is 61.8. The van der Waals surface area contributed by atoms with Gasteiger partial charge in [0.25, 0.3) is 0 Å². The SMILES string of the molecule is CC(C)c1cccc(C(C)C)c1-n1c(-c2[c-]cccc2)nc2ccccc21.Cn1c(-c2[c-]ccc3c2oc2ccccc23)nc2ccc3c4cccc5c6ccccc6n(c54)c3c21.[Ir]. The molecular formula is C57H43IrN5O-2. The van der Waals surface area contributed by atoms with Crippen LogP contribution in [0.15, 0.2) is 162 Å². The third-order valence-corrected chi connectivity index (χ3v) is 12.9. The predicted octanol–water partition coefficient (Wildman–Crippen LogP) is 14.8. The smallest absolute Gasteiger partial charge is 0.120 e. The van der Waals surface area contributed by atoms with Crippen LogP contribution in [0.25, 0.3) is 111 Å². The minimum atomic E-state index is 0. The molecule has 313 valence electrons. The molecule has 8 aromatic carbocycles. The van der Waals surface area contributed by atoms with Crippen molar-refractivity contribution < 1.29 is 24.5 Å². The van der Waals surface area contributed by atoms with Crippen molar-refractivity contribution >= 4 is 82.1 Å². The molecule has 5 aromatic heterocycles. The van der Waals surface area contributed by atoms with Gasteiger partial charge in [-0.2, -0.15) is 0 Å². The molecule has 0 saturated carbocycles. The van der Waals surface area contributed by atoms with Crippen LogP contribution in [0.3, 0.4) is 0 Å². The van der Waals surface area contributed by atoms with E-state index in [0.717, 1.165) is 66.8 Å². The van der Waals surface area contributed by atoms with Gasteiger partial charge in [-0.25, -0.2) is 0 Å². The van der Waals surface area contributed by atoms with Crippen molar-refractivity contribution in [2.45, 2.75) is 39.5 Å². The maximum Gasteiger partial charge on any atom is 0.120 e. The van der Waals surface area contributed by atoms with Gasteiger partial charge in [0.15, 0.2) is 0 Å². The van der Waals surface area contributed by atoms with Gasteiger partial charge in [-0.15, -0.1) is 54.1 Å². The largest absolute Gasteiger partial charge is 0.501 e. The van der Waals surface area contributed by atoms with Crippen molar-refractivity contribution in [2.75, 3.05) is 0 Å². The third-order valence-electron chi connectivity index (χ3n) is 12.9. The number of aromatic nitrogens is 5. The Labute approximate surface area is 384 Å². The second-order valence-corrected chi connectivity index (χ2v) is 17.2. The molecule has 0 atom stereocenters. The van der Waals surface area contributed by atoms with E-state index < -0.39 is 0 Å². The second-order valence-electron chi connectivity index (χ2n) is 17.2. The molecule has 0 amide bonds. The number of hydrogen-bond acceptors (Lipinski definition) is 3. The average Bonchev–Trinajstić information content (AvgIpc) is 4.13. The van der Waals surface area contributed by atoms with Gasteiger partial charge >= 0.3 is 0 Å². The molecule has 0 aliphatic rings. The van der Waals surface area contributed by atoms with Crippen molar-refractivity contribution in [1.82, 2.24) is 23.5 Å². The number of furan rings is 1. The number of para-hydroxylation sites is 6. The van der Waals surface area contributed by atoms with Crippen molar-refractivity contribution in [1.29, 1.82) is 0 Å². The van der Waals surface area contributed by atoms with Crippen LogP contribution in [0.4, 0.5) is 0 Å². The molecule has 13 aromatic rings. The van der Waals surface area contributed by atoms with Gasteiger partial charge in [-0.05, 0) is 59.4 Å². The molecule has 0 aliphatic carbocycles. The van der Waals surface area contributed by atoms with E-state index in [9.17, 15) is 0 Å². The summed E-state index contributed by atoms with van der Waals surface area (Å²) in [7, 11) is 2.10. The van der Waals surface area contributed by atoms with E-state index in [0.29, 0.717) is 11.8 Å². The van der Waals surface area contributed by atoms with Gasteiger partial charge in [0, 0.05) is 59.8 Å². The molecule has 6 nitrogen and oxygen atoms in total. The fraction of sp³-hybridized carbons (Fsp3) is 0.123. The van der Waals surface area contributed by atoms with Gasteiger partial charge in [-0.1, -0.05) is 124 Å². The maximum absolute atomic E-state index is 6.33. The Morgan fingerprint density at radius 2 is 1.14 bits per heavy atom. The molecular weight excluding hydrogens is 963 g/mol. The number of benzene rings is 8. The van der Waals surface area contributed by atoms with Crippen LogP contribution in [-0.2, 0) is 27.2 Å². The molecule has 0 fully saturated rings. The van der Waals surface area contributed by atoms with Gasteiger partial charge in [0.2, 0.25) is 0 Å². The van der Waals surface area contributed by atoms with Crippen molar-refractivity contribution in [3.8, 4) is 28.5 Å². The summed E-state index contributed by atoms with van der Waals surface area (Å²) < 4.78 is 13.3. The standard InChI is InChI=1S/C32H18N3O.C25H25N2.Ir/c1-34-30-25(33-32(34)24-13-7-12-23-19-9-3-5-15-27(19)36-31(23)24)17-16-22-21-11-6-10-20-18-8-2-4-14-26(18)35(28(20)21)29(22)30;1-17(2)20-13-10-14-21(18(3)4)24(20)27-23-16-9-8-15-22(23)26-25(27)19-11-6-5-7-12-19;/h2-12,14-17H,1H3;5-11,13-18H,1-4H3;/q2*-1;. The van der Waals surface area contributed by atoms with E-state index in [-0.39, 0.29) is 20.1 Å². The minimum absolute atomic E-state index is 0. The van der Waals surface area contributed by atoms with Crippen molar-refractivity contribution in [2.24, 2.45) is 7.05 Å². The van der Waals surface area contributed by atoms with Gasteiger partial charge in [0.1, 0.15) is 5.58 Å². The molecule has 0 spiro atoms. The minimum Gasteiger partial charge on any atom is -0.501 e. The molecule has 0 bridgehead atoms. The Morgan fingerprint density at radius 3 is 1.91 bits per heavy atom. The molecule has 0 aliphatic heterocycles. The Bertz CT molecular complexity index is 3860. The Balaban J connectivity index is 0.000000147.